The summed E-state index contributed by atoms with van der Waals surface area (Å²) in [6, 6.07) is 5.04. The van der Waals surface area contributed by atoms with Crippen molar-refractivity contribution in [1.29, 1.82) is 0 Å². The lowest BCUT2D eigenvalue weighted by molar-refractivity contribution is -0.383. The van der Waals surface area contributed by atoms with Crippen molar-refractivity contribution >= 4 is 28.1 Å². The topological polar surface area (TPSA) is 79.6 Å². The fourth-order valence-corrected chi connectivity index (χ4v) is 4.21. The summed E-state index contributed by atoms with van der Waals surface area (Å²) in [4.78, 5) is 31.6. The van der Waals surface area contributed by atoms with Crippen LogP contribution in [-0.2, 0) is 4.79 Å². The van der Waals surface area contributed by atoms with Crippen LogP contribution in [0.15, 0.2) is 30.6 Å². The highest BCUT2D eigenvalue weighted by atomic mass is 16.6. The lowest BCUT2D eigenvalue weighted by atomic mass is 10.1. The van der Waals surface area contributed by atoms with Gasteiger partial charge in [-0.3, -0.25) is 19.9 Å². The highest BCUT2D eigenvalue weighted by Crippen LogP contribution is 2.34. The minimum atomic E-state index is -0.390. The number of pyridine rings is 1. The van der Waals surface area contributed by atoms with Crippen molar-refractivity contribution in [3.63, 3.8) is 0 Å². The van der Waals surface area contributed by atoms with E-state index in [9.17, 15) is 14.9 Å². The van der Waals surface area contributed by atoms with Crippen LogP contribution in [0, 0.1) is 16.0 Å². The molecule has 2 heterocycles. The fraction of sp³-hybridized carbons (Fsp3) is 0.474. The number of fused-ring (bicyclic) bond motifs is 1. The SMILES string of the molecule is O=C1CN(c2ccc([N+](=O)[O-])c3cnccc23)CCN1CC1CCCC1. The number of aromatic nitrogens is 1. The summed E-state index contributed by atoms with van der Waals surface area (Å²) in [6.45, 7) is 2.64. The number of amides is 1. The van der Waals surface area contributed by atoms with Crippen LogP contribution in [0.4, 0.5) is 11.4 Å². The number of nitro groups is 1. The number of rotatable bonds is 4. The van der Waals surface area contributed by atoms with Crippen molar-refractivity contribution in [3.8, 4) is 0 Å². The molecule has 1 saturated heterocycles. The van der Waals surface area contributed by atoms with Crippen molar-refractivity contribution in [1.82, 2.24) is 9.88 Å². The van der Waals surface area contributed by atoms with E-state index < -0.39 is 4.92 Å². The Kier molecular flexibility index (Phi) is 4.44. The Morgan fingerprint density at radius 3 is 2.69 bits per heavy atom. The van der Waals surface area contributed by atoms with Gasteiger partial charge in [0, 0.05) is 49.2 Å². The first kappa shape index (κ1) is 16.8. The zero-order chi connectivity index (χ0) is 18.1. The van der Waals surface area contributed by atoms with Crippen molar-refractivity contribution in [2.75, 3.05) is 31.1 Å². The number of non-ortho nitro benzene ring substituents is 1. The molecule has 7 heteroatoms. The van der Waals surface area contributed by atoms with Gasteiger partial charge in [0.2, 0.25) is 5.91 Å². The Labute approximate surface area is 151 Å². The predicted molar refractivity (Wildman–Crippen MR) is 99.1 cm³/mol. The molecule has 4 rings (SSSR count). The van der Waals surface area contributed by atoms with E-state index in [1.807, 2.05) is 9.80 Å². The largest absolute Gasteiger partial charge is 0.360 e. The lowest BCUT2D eigenvalue weighted by Crippen LogP contribution is -2.51. The lowest BCUT2D eigenvalue weighted by Gasteiger charge is -2.37. The Morgan fingerprint density at radius 1 is 1.15 bits per heavy atom. The molecule has 0 N–H and O–H groups in total. The molecule has 1 aromatic heterocycles. The summed E-state index contributed by atoms with van der Waals surface area (Å²) >= 11 is 0. The third-order valence-electron chi connectivity index (χ3n) is 5.58. The summed E-state index contributed by atoms with van der Waals surface area (Å²) in [7, 11) is 0. The zero-order valence-electron chi connectivity index (χ0n) is 14.6. The quantitative estimate of drug-likeness (QED) is 0.623. The van der Waals surface area contributed by atoms with Crippen LogP contribution in [0.2, 0.25) is 0 Å². The number of benzene rings is 1. The van der Waals surface area contributed by atoms with E-state index in [0.29, 0.717) is 24.4 Å². The molecular weight excluding hydrogens is 332 g/mol. The maximum atomic E-state index is 12.6. The Bertz CT molecular complexity index is 848. The second-order valence-electron chi connectivity index (χ2n) is 7.19. The van der Waals surface area contributed by atoms with Crippen LogP contribution in [0.1, 0.15) is 25.7 Å². The molecule has 2 fully saturated rings. The van der Waals surface area contributed by atoms with Gasteiger partial charge < -0.3 is 9.80 Å². The Balaban J connectivity index is 1.56. The Hall–Kier alpha value is -2.70. The number of carbonyl (C=O) groups excluding carboxylic acids is 1. The summed E-state index contributed by atoms with van der Waals surface area (Å²) in [6.07, 6.45) is 8.17. The third kappa shape index (κ3) is 3.09. The maximum absolute atomic E-state index is 12.6. The molecule has 136 valence electrons. The Morgan fingerprint density at radius 2 is 1.96 bits per heavy atom. The molecule has 0 unspecified atom stereocenters. The number of nitrogens with zero attached hydrogens (tertiary/aromatic N) is 4. The highest BCUT2D eigenvalue weighted by molar-refractivity contribution is 6.00. The second kappa shape index (κ2) is 6.90. The molecule has 2 aliphatic rings. The average Bonchev–Trinajstić information content (AvgIpc) is 3.15. The number of nitro benzene ring substituents is 1. The van der Waals surface area contributed by atoms with Crippen LogP contribution in [0.25, 0.3) is 10.8 Å². The van der Waals surface area contributed by atoms with Crippen molar-refractivity contribution in [2.24, 2.45) is 5.92 Å². The van der Waals surface area contributed by atoms with E-state index in [1.165, 1.54) is 37.9 Å². The highest BCUT2D eigenvalue weighted by Gasteiger charge is 2.28. The molecule has 1 aliphatic heterocycles. The van der Waals surface area contributed by atoms with Gasteiger partial charge >= 0.3 is 0 Å². The smallest absolute Gasteiger partial charge is 0.278 e. The number of piperazine rings is 1. The van der Waals surface area contributed by atoms with Gasteiger partial charge in [0.1, 0.15) is 0 Å². The summed E-state index contributed by atoms with van der Waals surface area (Å²) < 4.78 is 0. The van der Waals surface area contributed by atoms with E-state index in [2.05, 4.69) is 4.98 Å². The second-order valence-corrected chi connectivity index (χ2v) is 7.19. The van der Waals surface area contributed by atoms with Crippen LogP contribution < -0.4 is 4.90 Å². The average molecular weight is 354 g/mol. The van der Waals surface area contributed by atoms with Gasteiger partial charge in [0.25, 0.3) is 5.69 Å². The zero-order valence-corrected chi connectivity index (χ0v) is 14.6. The standard InChI is InChI=1S/C19H22N4O3/c24-19-13-21(9-10-22(19)12-14-3-1-2-4-14)17-5-6-18(23(25)26)16-11-20-8-7-15(16)17/h5-8,11,14H,1-4,9-10,12-13H2. The molecule has 1 amide bonds. The maximum Gasteiger partial charge on any atom is 0.278 e. The molecule has 1 saturated carbocycles. The molecule has 26 heavy (non-hydrogen) atoms. The first-order valence-corrected chi connectivity index (χ1v) is 9.17. The van der Waals surface area contributed by atoms with Gasteiger partial charge in [-0.1, -0.05) is 12.8 Å². The van der Waals surface area contributed by atoms with E-state index in [-0.39, 0.29) is 11.6 Å². The molecular formula is C19H22N4O3. The normalized spacial score (nSPS) is 18.7. The van der Waals surface area contributed by atoms with Crippen LogP contribution in [0.3, 0.4) is 0 Å². The van der Waals surface area contributed by atoms with Crippen molar-refractivity contribution in [2.45, 2.75) is 25.7 Å². The van der Waals surface area contributed by atoms with Crippen molar-refractivity contribution < 1.29 is 9.72 Å². The van der Waals surface area contributed by atoms with E-state index in [4.69, 9.17) is 0 Å². The minimum absolute atomic E-state index is 0.0445. The van der Waals surface area contributed by atoms with E-state index >= 15 is 0 Å². The number of hydrogen-bond donors (Lipinski definition) is 0. The molecule has 0 atom stereocenters. The van der Waals surface area contributed by atoms with Gasteiger partial charge in [-0.2, -0.15) is 0 Å². The van der Waals surface area contributed by atoms with Crippen LogP contribution in [-0.4, -0.2) is 46.9 Å². The summed E-state index contributed by atoms with van der Waals surface area (Å²) in [5, 5.41) is 12.5. The molecule has 0 bridgehead atoms. The predicted octanol–water partition coefficient (Wildman–Crippen LogP) is 2.98. The molecule has 7 nitrogen and oxygen atoms in total. The molecule has 1 aliphatic carbocycles. The third-order valence-corrected chi connectivity index (χ3v) is 5.58. The summed E-state index contributed by atoms with van der Waals surface area (Å²) in [5.74, 6) is 0.792. The van der Waals surface area contributed by atoms with Gasteiger partial charge in [-0.15, -0.1) is 0 Å². The monoisotopic (exact) mass is 354 g/mol. The van der Waals surface area contributed by atoms with Gasteiger partial charge in [0.05, 0.1) is 16.9 Å². The number of anilines is 1. The van der Waals surface area contributed by atoms with E-state index in [1.54, 1.807) is 18.3 Å². The minimum Gasteiger partial charge on any atom is -0.360 e. The summed E-state index contributed by atoms with van der Waals surface area (Å²) in [5.41, 5.74) is 0.907. The molecule has 2 aromatic rings. The van der Waals surface area contributed by atoms with Crippen LogP contribution >= 0.6 is 0 Å². The molecule has 1 aromatic carbocycles. The number of hydrogen-bond acceptors (Lipinski definition) is 5. The van der Waals surface area contributed by atoms with Gasteiger partial charge in [-0.05, 0) is 30.9 Å². The first-order valence-electron chi connectivity index (χ1n) is 9.17. The fourth-order valence-electron chi connectivity index (χ4n) is 4.21. The van der Waals surface area contributed by atoms with E-state index in [0.717, 1.165) is 24.2 Å². The first-order chi connectivity index (χ1) is 12.6. The van der Waals surface area contributed by atoms with Crippen LogP contribution in [0.5, 0.6) is 0 Å². The molecule has 0 radical (unpaired) electrons. The van der Waals surface area contributed by atoms with Gasteiger partial charge in [-0.25, -0.2) is 0 Å². The molecule has 0 spiro atoms. The number of carbonyl (C=O) groups is 1. The van der Waals surface area contributed by atoms with Gasteiger partial charge in [0.15, 0.2) is 0 Å². The van der Waals surface area contributed by atoms with Crippen molar-refractivity contribution in [3.05, 3.63) is 40.7 Å².